The fourth-order valence-electron chi connectivity index (χ4n) is 3.37. The van der Waals surface area contributed by atoms with E-state index in [4.69, 9.17) is 0 Å². The van der Waals surface area contributed by atoms with Gasteiger partial charge >= 0.3 is 5.69 Å². The highest BCUT2D eigenvalue weighted by Gasteiger charge is 2.20. The van der Waals surface area contributed by atoms with Gasteiger partial charge < -0.3 is 9.67 Å². The average Bonchev–Trinajstić information content (AvgIpc) is 2.64. The molecule has 0 fully saturated rings. The summed E-state index contributed by atoms with van der Waals surface area (Å²) in [6.07, 6.45) is -0.281. The molecule has 7 nitrogen and oxygen atoms in total. The van der Waals surface area contributed by atoms with E-state index in [0.717, 1.165) is 16.7 Å². The molecule has 2 N–H and O–H groups in total. The predicted molar refractivity (Wildman–Crippen MR) is 107 cm³/mol. The average molecular weight is 376 g/mol. The second kappa shape index (κ2) is 7.01. The summed E-state index contributed by atoms with van der Waals surface area (Å²) in [6, 6.07) is 13.6. The minimum Gasteiger partial charge on any atom is -0.391 e. The van der Waals surface area contributed by atoms with Crippen LogP contribution in [0.15, 0.2) is 52.1 Å². The van der Waals surface area contributed by atoms with Crippen LogP contribution in [0.1, 0.15) is 16.7 Å². The molecule has 4 rings (SSSR count). The van der Waals surface area contributed by atoms with E-state index in [0.29, 0.717) is 17.5 Å². The molecule has 2 aliphatic heterocycles. The van der Waals surface area contributed by atoms with Crippen molar-refractivity contribution in [2.24, 2.45) is 0 Å². The molecule has 0 aliphatic carbocycles. The third kappa shape index (κ3) is 3.44. The summed E-state index contributed by atoms with van der Waals surface area (Å²) in [6.45, 7) is 4.13. The van der Waals surface area contributed by atoms with Crippen LogP contribution < -0.4 is 11.2 Å². The summed E-state index contributed by atoms with van der Waals surface area (Å²) in [5, 5.41) is 10.7. The number of nitrogens with zero attached hydrogens (tertiary/aromatic N) is 3. The summed E-state index contributed by atoms with van der Waals surface area (Å²) in [5.41, 5.74) is 3.25. The Kier molecular flexibility index (Phi) is 4.52. The van der Waals surface area contributed by atoms with Crippen LogP contribution in [0.2, 0.25) is 0 Å². The van der Waals surface area contributed by atoms with E-state index in [1.165, 1.54) is 0 Å². The SMILES string of the molecule is Cc1ccc(CC(O)Cn2c3nc(=O)[nH]c(=O)c-3nc3cc(C)ccc32)cc1. The molecule has 0 bridgehead atoms. The van der Waals surface area contributed by atoms with Crippen molar-refractivity contribution in [2.75, 3.05) is 0 Å². The molecule has 0 saturated heterocycles. The lowest BCUT2D eigenvalue weighted by molar-refractivity contribution is 0.156. The Morgan fingerprint density at radius 2 is 1.75 bits per heavy atom. The summed E-state index contributed by atoms with van der Waals surface area (Å²) >= 11 is 0. The topological polar surface area (TPSA) is 101 Å². The minimum absolute atomic E-state index is 0.0836. The van der Waals surface area contributed by atoms with E-state index < -0.39 is 17.4 Å². The van der Waals surface area contributed by atoms with Crippen molar-refractivity contribution in [2.45, 2.75) is 32.9 Å². The number of aliphatic hydroxyl groups excluding tert-OH is 1. The number of H-pyrrole nitrogens is 1. The van der Waals surface area contributed by atoms with Gasteiger partial charge in [-0.25, -0.2) is 9.78 Å². The first-order valence-corrected chi connectivity index (χ1v) is 9.05. The maximum atomic E-state index is 12.3. The van der Waals surface area contributed by atoms with Crippen LogP contribution in [0.3, 0.4) is 0 Å². The van der Waals surface area contributed by atoms with Gasteiger partial charge in [-0.15, -0.1) is 0 Å². The van der Waals surface area contributed by atoms with E-state index in [9.17, 15) is 14.7 Å². The molecule has 28 heavy (non-hydrogen) atoms. The fraction of sp³-hybridized carbons (Fsp3) is 0.238. The Labute approximate surface area is 160 Å². The lowest BCUT2D eigenvalue weighted by atomic mass is 10.1. The third-order valence-electron chi connectivity index (χ3n) is 4.75. The quantitative estimate of drug-likeness (QED) is 0.529. The van der Waals surface area contributed by atoms with Crippen LogP contribution in [-0.4, -0.2) is 30.7 Å². The normalized spacial score (nSPS) is 12.5. The fourth-order valence-corrected chi connectivity index (χ4v) is 3.37. The van der Waals surface area contributed by atoms with Gasteiger partial charge in [-0.1, -0.05) is 35.9 Å². The lowest BCUT2D eigenvalue weighted by Crippen LogP contribution is -2.30. The largest absolute Gasteiger partial charge is 0.391 e. The first kappa shape index (κ1) is 18.1. The van der Waals surface area contributed by atoms with Crippen LogP contribution in [0.25, 0.3) is 22.6 Å². The van der Waals surface area contributed by atoms with Gasteiger partial charge in [0.2, 0.25) is 0 Å². The number of aliphatic hydroxyl groups is 1. The van der Waals surface area contributed by atoms with Gasteiger partial charge in [0, 0.05) is 6.42 Å². The molecule has 0 spiro atoms. The van der Waals surface area contributed by atoms with Gasteiger partial charge in [0.25, 0.3) is 5.56 Å². The van der Waals surface area contributed by atoms with Crippen LogP contribution in [0.5, 0.6) is 0 Å². The molecule has 0 saturated carbocycles. The van der Waals surface area contributed by atoms with Crippen molar-refractivity contribution in [3.63, 3.8) is 0 Å². The van der Waals surface area contributed by atoms with Crippen molar-refractivity contribution in [3.8, 4) is 11.5 Å². The summed E-state index contributed by atoms with van der Waals surface area (Å²) in [4.78, 5) is 34.6. The number of aromatic nitrogens is 4. The van der Waals surface area contributed by atoms with Crippen molar-refractivity contribution in [1.82, 2.24) is 19.5 Å². The van der Waals surface area contributed by atoms with Gasteiger partial charge in [-0.05, 0) is 37.1 Å². The van der Waals surface area contributed by atoms with Gasteiger partial charge in [0.05, 0.1) is 23.7 Å². The van der Waals surface area contributed by atoms with Crippen LogP contribution in [-0.2, 0) is 13.0 Å². The Morgan fingerprint density at radius 1 is 1.04 bits per heavy atom. The van der Waals surface area contributed by atoms with Gasteiger partial charge in [0.1, 0.15) is 0 Å². The van der Waals surface area contributed by atoms with Crippen LogP contribution in [0.4, 0.5) is 0 Å². The van der Waals surface area contributed by atoms with E-state index in [-0.39, 0.29) is 18.1 Å². The molecule has 142 valence electrons. The number of benzene rings is 2. The second-order valence-electron chi connectivity index (χ2n) is 7.10. The van der Waals surface area contributed by atoms with E-state index >= 15 is 0 Å². The Bertz CT molecular complexity index is 1240. The highest BCUT2D eigenvalue weighted by Crippen LogP contribution is 2.22. The molecule has 2 aromatic rings. The molecule has 2 aliphatic rings. The highest BCUT2D eigenvalue weighted by atomic mass is 16.3. The number of aromatic amines is 1. The van der Waals surface area contributed by atoms with Crippen molar-refractivity contribution in [3.05, 3.63) is 80.0 Å². The molecule has 1 atom stereocenters. The molecular weight excluding hydrogens is 356 g/mol. The number of fused-ring (bicyclic) bond motifs is 2. The Morgan fingerprint density at radius 3 is 2.50 bits per heavy atom. The van der Waals surface area contributed by atoms with Crippen LogP contribution in [0, 0.1) is 13.8 Å². The monoisotopic (exact) mass is 376 g/mol. The zero-order valence-electron chi connectivity index (χ0n) is 15.6. The summed E-state index contributed by atoms with van der Waals surface area (Å²) in [5.74, 6) is 0.174. The summed E-state index contributed by atoms with van der Waals surface area (Å²) in [7, 11) is 0. The molecule has 0 amide bonds. The molecule has 0 radical (unpaired) electrons. The first-order chi connectivity index (χ1) is 13.4. The zero-order chi connectivity index (χ0) is 19.8. The molecule has 2 heterocycles. The summed E-state index contributed by atoms with van der Waals surface area (Å²) < 4.78 is 1.70. The lowest BCUT2D eigenvalue weighted by Gasteiger charge is -2.20. The molecule has 7 heteroatoms. The third-order valence-corrected chi connectivity index (χ3v) is 4.75. The second-order valence-corrected chi connectivity index (χ2v) is 7.10. The van der Waals surface area contributed by atoms with E-state index in [1.54, 1.807) is 4.57 Å². The van der Waals surface area contributed by atoms with E-state index in [1.807, 2.05) is 56.3 Å². The maximum absolute atomic E-state index is 12.3. The predicted octanol–water partition coefficient (Wildman–Crippen LogP) is 1.81. The maximum Gasteiger partial charge on any atom is 0.349 e. The van der Waals surface area contributed by atoms with Crippen molar-refractivity contribution in [1.29, 1.82) is 0 Å². The Hall–Kier alpha value is -3.32. The molecule has 2 aromatic carbocycles. The number of hydrogen-bond acceptors (Lipinski definition) is 5. The van der Waals surface area contributed by atoms with Gasteiger partial charge in [-0.3, -0.25) is 9.78 Å². The zero-order valence-corrected chi connectivity index (χ0v) is 15.6. The standard InChI is InChI=1S/C21H20N4O3/c1-12-3-6-14(7-4-12)10-15(26)11-25-17-8-5-13(2)9-16(17)22-18-19(25)23-21(28)24-20(18)27/h3-9,15,26H,10-11H2,1-2H3,(H,24,27,28). The minimum atomic E-state index is -0.729. The smallest absolute Gasteiger partial charge is 0.349 e. The molecule has 0 aromatic heterocycles. The first-order valence-electron chi connectivity index (χ1n) is 9.05. The number of hydrogen-bond donors (Lipinski definition) is 2. The van der Waals surface area contributed by atoms with Gasteiger partial charge in [0.15, 0.2) is 11.5 Å². The van der Waals surface area contributed by atoms with Crippen molar-refractivity contribution >= 4 is 11.0 Å². The molecule has 1 unspecified atom stereocenters. The Balaban J connectivity index is 1.82. The number of rotatable bonds is 4. The molecular formula is C21H20N4O3. The van der Waals surface area contributed by atoms with Crippen molar-refractivity contribution < 1.29 is 5.11 Å². The van der Waals surface area contributed by atoms with Crippen LogP contribution >= 0.6 is 0 Å². The van der Waals surface area contributed by atoms with E-state index in [2.05, 4.69) is 15.0 Å². The van der Waals surface area contributed by atoms with Gasteiger partial charge in [-0.2, -0.15) is 4.98 Å². The number of nitrogens with one attached hydrogen (secondary N) is 1. The number of aryl methyl sites for hydroxylation is 2. The highest BCUT2D eigenvalue weighted by molar-refractivity contribution is 5.80.